The van der Waals surface area contributed by atoms with Crippen LogP contribution in [0.25, 0.3) is 6.08 Å². The largest absolute Gasteiger partial charge is 0.393 e. The number of nitrogen functional groups attached to an aromatic ring is 1. The normalized spacial score (nSPS) is 10.8. The SMILES string of the molecule is Cc1cc(C=CCN)c(N)c([N+](=O)[O-])c1. The standard InChI is InChI=1S/C10H13N3O2/c1-7-5-8(3-2-4-11)10(12)9(6-7)13(14)15/h2-3,5-6H,4,11-12H2,1H3. The van der Waals surface area contributed by atoms with Gasteiger partial charge in [0.05, 0.1) is 4.92 Å². The van der Waals surface area contributed by atoms with Crippen LogP contribution in [0.3, 0.4) is 0 Å². The van der Waals surface area contributed by atoms with Crippen molar-refractivity contribution in [2.45, 2.75) is 6.92 Å². The average Bonchev–Trinajstić information content (AvgIpc) is 2.18. The Kier molecular flexibility index (Phi) is 3.41. The Bertz CT molecular complexity index is 413. The monoisotopic (exact) mass is 207 g/mol. The fraction of sp³-hybridized carbons (Fsp3) is 0.200. The van der Waals surface area contributed by atoms with E-state index in [0.717, 1.165) is 5.56 Å². The van der Waals surface area contributed by atoms with Crippen LogP contribution in [0.15, 0.2) is 18.2 Å². The van der Waals surface area contributed by atoms with Gasteiger partial charge in [-0.05, 0) is 18.6 Å². The summed E-state index contributed by atoms with van der Waals surface area (Å²) in [5.41, 5.74) is 12.5. The lowest BCUT2D eigenvalue weighted by Crippen LogP contribution is -1.99. The molecule has 0 aromatic heterocycles. The molecule has 0 aliphatic rings. The van der Waals surface area contributed by atoms with Crippen molar-refractivity contribution in [1.29, 1.82) is 0 Å². The highest BCUT2D eigenvalue weighted by molar-refractivity contribution is 5.74. The Balaban J connectivity index is 3.28. The molecule has 5 heteroatoms. The molecule has 1 aromatic carbocycles. The Morgan fingerprint density at radius 3 is 2.73 bits per heavy atom. The molecule has 4 N–H and O–H groups in total. The molecule has 0 atom stereocenters. The van der Waals surface area contributed by atoms with Gasteiger partial charge in [0.1, 0.15) is 5.69 Å². The van der Waals surface area contributed by atoms with Gasteiger partial charge in [0.2, 0.25) is 0 Å². The van der Waals surface area contributed by atoms with Crippen molar-refractivity contribution in [1.82, 2.24) is 0 Å². The van der Waals surface area contributed by atoms with Crippen molar-refractivity contribution in [3.05, 3.63) is 39.4 Å². The smallest absolute Gasteiger partial charge is 0.292 e. The van der Waals surface area contributed by atoms with E-state index >= 15 is 0 Å². The van der Waals surface area contributed by atoms with Crippen molar-refractivity contribution in [3.63, 3.8) is 0 Å². The first-order valence-electron chi connectivity index (χ1n) is 4.47. The van der Waals surface area contributed by atoms with Gasteiger partial charge >= 0.3 is 0 Å². The number of nitrogens with zero attached hydrogens (tertiary/aromatic N) is 1. The van der Waals surface area contributed by atoms with Crippen LogP contribution >= 0.6 is 0 Å². The minimum Gasteiger partial charge on any atom is -0.393 e. The van der Waals surface area contributed by atoms with Crippen molar-refractivity contribution >= 4 is 17.5 Å². The highest BCUT2D eigenvalue weighted by Crippen LogP contribution is 2.27. The maximum absolute atomic E-state index is 10.7. The third-order valence-electron chi connectivity index (χ3n) is 1.96. The molecule has 0 aliphatic heterocycles. The molecule has 0 saturated heterocycles. The van der Waals surface area contributed by atoms with Crippen LogP contribution in [0.2, 0.25) is 0 Å². The van der Waals surface area contributed by atoms with Crippen LogP contribution in [0.1, 0.15) is 11.1 Å². The van der Waals surface area contributed by atoms with E-state index in [9.17, 15) is 10.1 Å². The Labute approximate surface area is 87.5 Å². The molecule has 1 aromatic rings. The summed E-state index contributed by atoms with van der Waals surface area (Å²) in [6, 6.07) is 3.24. The van der Waals surface area contributed by atoms with Gasteiger partial charge in [-0.2, -0.15) is 0 Å². The van der Waals surface area contributed by atoms with Gasteiger partial charge in [0.15, 0.2) is 0 Å². The molecule has 0 heterocycles. The predicted octanol–water partition coefficient (Wildman–Crippen LogP) is 1.46. The molecule has 0 fully saturated rings. The molecule has 0 radical (unpaired) electrons. The van der Waals surface area contributed by atoms with Crippen LogP contribution in [-0.4, -0.2) is 11.5 Å². The second-order valence-electron chi connectivity index (χ2n) is 3.18. The zero-order valence-corrected chi connectivity index (χ0v) is 8.43. The van der Waals surface area contributed by atoms with E-state index in [4.69, 9.17) is 11.5 Å². The summed E-state index contributed by atoms with van der Waals surface area (Å²) in [7, 11) is 0. The maximum atomic E-state index is 10.7. The molecule has 0 unspecified atom stereocenters. The van der Waals surface area contributed by atoms with Crippen LogP contribution in [0.4, 0.5) is 11.4 Å². The quantitative estimate of drug-likeness (QED) is 0.445. The number of nitro groups is 1. The number of nitrogens with two attached hydrogens (primary N) is 2. The van der Waals surface area contributed by atoms with E-state index in [1.807, 2.05) is 0 Å². The fourth-order valence-electron chi connectivity index (χ4n) is 1.29. The van der Waals surface area contributed by atoms with E-state index in [-0.39, 0.29) is 11.4 Å². The highest BCUT2D eigenvalue weighted by Gasteiger charge is 2.14. The Morgan fingerprint density at radius 1 is 1.53 bits per heavy atom. The number of benzene rings is 1. The first-order valence-corrected chi connectivity index (χ1v) is 4.47. The van der Waals surface area contributed by atoms with Crippen LogP contribution in [-0.2, 0) is 0 Å². The summed E-state index contributed by atoms with van der Waals surface area (Å²) < 4.78 is 0. The zero-order chi connectivity index (χ0) is 11.4. The molecular formula is C10H13N3O2. The summed E-state index contributed by atoms with van der Waals surface area (Å²) >= 11 is 0. The fourth-order valence-corrected chi connectivity index (χ4v) is 1.29. The molecule has 15 heavy (non-hydrogen) atoms. The Morgan fingerprint density at radius 2 is 2.20 bits per heavy atom. The lowest BCUT2D eigenvalue weighted by Gasteiger charge is -2.03. The van der Waals surface area contributed by atoms with Gasteiger partial charge in [0, 0.05) is 18.2 Å². The lowest BCUT2D eigenvalue weighted by molar-refractivity contribution is -0.383. The number of hydrogen-bond acceptors (Lipinski definition) is 4. The summed E-state index contributed by atoms with van der Waals surface area (Å²) in [6.07, 6.45) is 3.39. The summed E-state index contributed by atoms with van der Waals surface area (Å²) in [5, 5.41) is 10.7. The van der Waals surface area contributed by atoms with E-state index in [2.05, 4.69) is 0 Å². The van der Waals surface area contributed by atoms with E-state index in [1.54, 1.807) is 25.1 Å². The molecule has 0 saturated carbocycles. The first-order chi connectivity index (χ1) is 7.06. The second-order valence-corrected chi connectivity index (χ2v) is 3.18. The average molecular weight is 207 g/mol. The highest BCUT2D eigenvalue weighted by atomic mass is 16.6. The number of aryl methyl sites for hydroxylation is 1. The molecule has 1 rings (SSSR count). The first kappa shape index (κ1) is 11.2. The van der Waals surface area contributed by atoms with E-state index in [1.165, 1.54) is 6.07 Å². The van der Waals surface area contributed by atoms with Crippen molar-refractivity contribution in [2.24, 2.45) is 5.73 Å². The second kappa shape index (κ2) is 4.56. The zero-order valence-electron chi connectivity index (χ0n) is 8.43. The predicted molar refractivity (Wildman–Crippen MR) is 60.3 cm³/mol. The van der Waals surface area contributed by atoms with Gasteiger partial charge in [-0.25, -0.2) is 0 Å². The third kappa shape index (κ3) is 2.54. The molecule has 80 valence electrons. The summed E-state index contributed by atoms with van der Waals surface area (Å²) in [4.78, 5) is 10.2. The summed E-state index contributed by atoms with van der Waals surface area (Å²) in [6.45, 7) is 2.16. The van der Waals surface area contributed by atoms with E-state index < -0.39 is 4.92 Å². The topological polar surface area (TPSA) is 95.2 Å². The Hall–Kier alpha value is -1.88. The van der Waals surface area contributed by atoms with Gasteiger partial charge < -0.3 is 11.5 Å². The van der Waals surface area contributed by atoms with E-state index in [0.29, 0.717) is 12.1 Å². The van der Waals surface area contributed by atoms with Crippen molar-refractivity contribution < 1.29 is 4.92 Å². The van der Waals surface area contributed by atoms with Crippen LogP contribution < -0.4 is 11.5 Å². The minimum atomic E-state index is -0.484. The number of nitro benzene ring substituents is 1. The molecule has 5 nitrogen and oxygen atoms in total. The third-order valence-corrected chi connectivity index (χ3v) is 1.96. The lowest BCUT2D eigenvalue weighted by atomic mass is 10.1. The number of anilines is 1. The number of rotatable bonds is 3. The maximum Gasteiger partial charge on any atom is 0.292 e. The number of hydrogen-bond donors (Lipinski definition) is 2. The molecule has 0 bridgehead atoms. The van der Waals surface area contributed by atoms with Gasteiger partial charge in [-0.1, -0.05) is 12.2 Å². The molecule has 0 amide bonds. The van der Waals surface area contributed by atoms with Crippen LogP contribution in [0.5, 0.6) is 0 Å². The molecule has 0 spiro atoms. The molecule has 0 aliphatic carbocycles. The van der Waals surface area contributed by atoms with Crippen molar-refractivity contribution in [3.8, 4) is 0 Å². The van der Waals surface area contributed by atoms with Gasteiger partial charge in [-0.15, -0.1) is 0 Å². The molecular weight excluding hydrogens is 194 g/mol. The van der Waals surface area contributed by atoms with Crippen molar-refractivity contribution in [2.75, 3.05) is 12.3 Å². The van der Waals surface area contributed by atoms with Gasteiger partial charge in [-0.3, -0.25) is 10.1 Å². The van der Waals surface area contributed by atoms with Crippen LogP contribution in [0, 0.1) is 17.0 Å². The summed E-state index contributed by atoms with van der Waals surface area (Å²) in [5.74, 6) is 0. The minimum absolute atomic E-state index is 0.0633. The van der Waals surface area contributed by atoms with Gasteiger partial charge in [0.25, 0.3) is 5.69 Å².